The molecule has 6 N–H and O–H groups in total. The quantitative estimate of drug-likeness (QED) is 0.222. The minimum absolute atomic E-state index is 0.0211. The third-order valence-electron chi connectivity index (χ3n) is 7.18. The highest BCUT2D eigenvalue weighted by Crippen LogP contribution is 2.40. The molecule has 0 aliphatic carbocycles. The van der Waals surface area contributed by atoms with Crippen LogP contribution in [0.5, 0.6) is 0 Å². The van der Waals surface area contributed by atoms with Gasteiger partial charge in [-0.1, -0.05) is 43.3 Å². The number of Topliss-reactive ketones (excluding diaryl/α,β-unsaturated/α-hetero) is 1. The largest absolute Gasteiger partial charge is 0.480 e. The average molecular weight is 481 g/mol. The number of aliphatic carboxylic acids is 1. The Morgan fingerprint density at radius 1 is 1.18 bits per heavy atom. The summed E-state index contributed by atoms with van der Waals surface area (Å²) in [4.78, 5) is 26.5. The van der Waals surface area contributed by atoms with Crippen LogP contribution in [0.1, 0.15) is 54.7 Å². The molecule has 2 aliphatic rings. The zero-order valence-electron chi connectivity index (χ0n) is 19.3. The van der Waals surface area contributed by atoms with Gasteiger partial charge in [-0.25, -0.2) is 0 Å². The number of hydrogen-bond donors (Lipinski definition) is 5. The highest BCUT2D eigenvalue weighted by Gasteiger charge is 2.36. The topological polar surface area (TPSA) is 128 Å². The molecule has 8 heteroatoms. The summed E-state index contributed by atoms with van der Waals surface area (Å²) < 4.78 is 3.38. The molecule has 0 saturated carbocycles. The SMILES string of the molecule is CC(C(=O)C(CC1CCC(C(=O)O)NC1)c1cccc(C(=N)N)c1)C1CNSc2ccccc21. The number of carboxylic acids is 1. The Morgan fingerprint density at radius 2 is 1.97 bits per heavy atom. The van der Waals surface area contributed by atoms with E-state index in [-0.39, 0.29) is 35.3 Å². The zero-order chi connectivity index (χ0) is 24.2. The summed E-state index contributed by atoms with van der Waals surface area (Å²) in [6.07, 6.45) is 1.96. The van der Waals surface area contributed by atoms with Gasteiger partial charge in [-0.05, 0) is 66.9 Å². The normalized spacial score (nSPS) is 24.0. The van der Waals surface area contributed by atoms with E-state index in [2.05, 4.69) is 22.2 Å². The van der Waals surface area contributed by atoms with Crippen LogP contribution in [0.25, 0.3) is 0 Å². The van der Waals surface area contributed by atoms with E-state index in [1.165, 1.54) is 5.56 Å². The van der Waals surface area contributed by atoms with Crippen LogP contribution in [-0.4, -0.2) is 41.8 Å². The van der Waals surface area contributed by atoms with Crippen LogP contribution in [-0.2, 0) is 9.59 Å². The smallest absolute Gasteiger partial charge is 0.320 e. The summed E-state index contributed by atoms with van der Waals surface area (Å²) in [5.74, 6) is -0.945. The molecular formula is C26H32N4O3S. The molecule has 0 aromatic heterocycles. The second-order valence-electron chi connectivity index (χ2n) is 9.36. The number of benzene rings is 2. The Balaban J connectivity index is 1.60. The average Bonchev–Trinajstić information content (AvgIpc) is 2.86. The first-order valence-corrected chi connectivity index (χ1v) is 12.6. The minimum atomic E-state index is -0.824. The molecule has 2 aliphatic heterocycles. The van der Waals surface area contributed by atoms with Crippen molar-refractivity contribution >= 4 is 29.5 Å². The third-order valence-corrected chi connectivity index (χ3v) is 8.09. The number of amidine groups is 1. The molecule has 4 rings (SSSR count). The Morgan fingerprint density at radius 3 is 2.68 bits per heavy atom. The number of rotatable bonds is 8. The van der Waals surface area contributed by atoms with Crippen molar-refractivity contribution in [2.45, 2.75) is 49.0 Å². The molecule has 0 amide bonds. The number of hydrogen-bond acceptors (Lipinski definition) is 6. The van der Waals surface area contributed by atoms with E-state index in [4.69, 9.17) is 11.1 Å². The number of carboxylic acid groups (broad SMARTS) is 1. The number of nitrogen functional groups attached to an aromatic ring is 1. The van der Waals surface area contributed by atoms with E-state index >= 15 is 0 Å². The molecule has 1 saturated heterocycles. The zero-order valence-corrected chi connectivity index (χ0v) is 20.1. The van der Waals surface area contributed by atoms with Crippen molar-refractivity contribution in [3.63, 3.8) is 0 Å². The van der Waals surface area contributed by atoms with E-state index < -0.39 is 12.0 Å². The highest BCUT2D eigenvalue weighted by atomic mass is 32.2. The first-order valence-electron chi connectivity index (χ1n) is 11.8. The summed E-state index contributed by atoms with van der Waals surface area (Å²) in [6, 6.07) is 15.1. The van der Waals surface area contributed by atoms with Gasteiger partial charge < -0.3 is 16.2 Å². The summed E-state index contributed by atoms with van der Waals surface area (Å²) in [6.45, 7) is 3.31. The van der Waals surface area contributed by atoms with Gasteiger partial charge in [-0.3, -0.25) is 19.7 Å². The standard InChI is InChI=1S/C26H32N4O3S/c1-15(21-14-30-34-23-8-3-2-7-19(21)23)24(31)20(17-5-4-6-18(12-17)25(27)28)11-16-9-10-22(26(32)33)29-13-16/h2-8,12,15-16,20-22,29-30H,9-11,13-14H2,1H3,(H3,27,28)(H,32,33). The van der Waals surface area contributed by atoms with Gasteiger partial charge in [0.25, 0.3) is 0 Å². The van der Waals surface area contributed by atoms with Crippen LogP contribution >= 0.6 is 11.9 Å². The minimum Gasteiger partial charge on any atom is -0.480 e. The predicted molar refractivity (Wildman–Crippen MR) is 134 cm³/mol. The fourth-order valence-corrected chi connectivity index (χ4v) is 6.06. The van der Waals surface area contributed by atoms with Crippen LogP contribution < -0.4 is 15.8 Å². The monoisotopic (exact) mass is 480 g/mol. The number of carbonyl (C=O) groups is 2. The number of piperidine rings is 1. The first-order chi connectivity index (χ1) is 16.3. The summed E-state index contributed by atoms with van der Waals surface area (Å²) in [7, 11) is 0. The summed E-state index contributed by atoms with van der Waals surface area (Å²) in [5.41, 5.74) is 8.42. The van der Waals surface area contributed by atoms with Crippen molar-refractivity contribution in [1.29, 1.82) is 5.41 Å². The molecule has 34 heavy (non-hydrogen) atoms. The van der Waals surface area contributed by atoms with Crippen LogP contribution in [0, 0.1) is 17.2 Å². The molecule has 2 heterocycles. The molecular weight excluding hydrogens is 448 g/mol. The Hall–Kier alpha value is -2.68. The van der Waals surface area contributed by atoms with Gasteiger partial charge in [0.05, 0.1) is 0 Å². The van der Waals surface area contributed by atoms with Crippen molar-refractivity contribution < 1.29 is 14.7 Å². The second kappa shape index (κ2) is 10.7. The van der Waals surface area contributed by atoms with E-state index in [1.54, 1.807) is 18.0 Å². The lowest BCUT2D eigenvalue weighted by molar-refractivity contribution is -0.140. The lowest BCUT2D eigenvalue weighted by atomic mass is 9.74. The van der Waals surface area contributed by atoms with E-state index in [0.717, 1.165) is 23.4 Å². The fourth-order valence-electron chi connectivity index (χ4n) is 5.16. The molecule has 0 bridgehead atoms. The van der Waals surface area contributed by atoms with Gasteiger partial charge in [0.15, 0.2) is 0 Å². The molecule has 7 nitrogen and oxygen atoms in total. The van der Waals surface area contributed by atoms with E-state index in [0.29, 0.717) is 24.9 Å². The van der Waals surface area contributed by atoms with Crippen LogP contribution in [0.15, 0.2) is 53.4 Å². The summed E-state index contributed by atoms with van der Waals surface area (Å²) in [5, 5.41) is 20.3. The fraction of sp³-hybridized carbons (Fsp3) is 0.423. The number of ketones is 1. The van der Waals surface area contributed by atoms with Crippen LogP contribution in [0.2, 0.25) is 0 Å². The maximum Gasteiger partial charge on any atom is 0.320 e. The maximum absolute atomic E-state index is 14.0. The van der Waals surface area contributed by atoms with E-state index in [9.17, 15) is 14.7 Å². The van der Waals surface area contributed by atoms with Gasteiger partial charge in [-0.15, -0.1) is 0 Å². The predicted octanol–water partition coefficient (Wildman–Crippen LogP) is 3.50. The van der Waals surface area contributed by atoms with Gasteiger partial charge in [0.1, 0.15) is 17.7 Å². The van der Waals surface area contributed by atoms with E-state index in [1.807, 2.05) is 37.3 Å². The molecule has 5 unspecified atom stereocenters. The van der Waals surface area contributed by atoms with Gasteiger partial charge in [0, 0.05) is 34.8 Å². The second-order valence-corrected chi connectivity index (χ2v) is 10.3. The van der Waals surface area contributed by atoms with Crippen LogP contribution in [0.3, 0.4) is 0 Å². The van der Waals surface area contributed by atoms with Gasteiger partial charge in [0.2, 0.25) is 0 Å². The van der Waals surface area contributed by atoms with Crippen molar-refractivity contribution in [1.82, 2.24) is 10.0 Å². The number of fused-ring (bicyclic) bond motifs is 1. The lowest BCUT2D eigenvalue weighted by Gasteiger charge is -2.34. The molecule has 0 spiro atoms. The molecule has 1 fully saturated rings. The number of carbonyl (C=O) groups excluding carboxylic acids is 1. The lowest BCUT2D eigenvalue weighted by Crippen LogP contribution is -2.44. The highest BCUT2D eigenvalue weighted by molar-refractivity contribution is 7.97. The number of nitrogens with two attached hydrogens (primary N) is 1. The van der Waals surface area contributed by atoms with Crippen LogP contribution in [0.4, 0.5) is 0 Å². The third kappa shape index (κ3) is 5.35. The van der Waals surface area contributed by atoms with Gasteiger partial charge in [-0.2, -0.15) is 0 Å². The van der Waals surface area contributed by atoms with Crippen molar-refractivity contribution in [3.8, 4) is 0 Å². The molecule has 2 aromatic carbocycles. The van der Waals surface area contributed by atoms with Crippen molar-refractivity contribution in [2.24, 2.45) is 17.6 Å². The van der Waals surface area contributed by atoms with Crippen molar-refractivity contribution in [2.75, 3.05) is 13.1 Å². The Kier molecular flexibility index (Phi) is 7.70. The van der Waals surface area contributed by atoms with Gasteiger partial charge >= 0.3 is 5.97 Å². The van der Waals surface area contributed by atoms with Crippen molar-refractivity contribution in [3.05, 3.63) is 65.2 Å². The molecule has 2 aromatic rings. The number of nitrogens with one attached hydrogen (secondary N) is 3. The molecule has 180 valence electrons. The Labute approximate surface area is 204 Å². The first kappa shape index (κ1) is 24.4. The molecule has 5 atom stereocenters. The Bertz CT molecular complexity index is 1070. The molecule has 0 radical (unpaired) electrons. The summed E-state index contributed by atoms with van der Waals surface area (Å²) >= 11 is 1.61. The maximum atomic E-state index is 14.0.